The lowest BCUT2D eigenvalue weighted by molar-refractivity contribution is -0.0109. The molecule has 1 N–H and O–H groups in total. The van der Waals surface area contributed by atoms with Gasteiger partial charge in [0.05, 0.1) is 12.8 Å². The van der Waals surface area contributed by atoms with Gasteiger partial charge in [-0.25, -0.2) is 0 Å². The number of allylic oxidation sites excluding steroid dienone is 3. The second-order valence-electron chi connectivity index (χ2n) is 7.72. The van der Waals surface area contributed by atoms with Gasteiger partial charge in [0, 0.05) is 13.1 Å². The summed E-state index contributed by atoms with van der Waals surface area (Å²) < 4.78 is 5.59. The van der Waals surface area contributed by atoms with Crippen molar-refractivity contribution in [2.45, 2.75) is 31.3 Å². The molecule has 2 aliphatic rings. The van der Waals surface area contributed by atoms with Gasteiger partial charge in [0.2, 0.25) is 0 Å². The monoisotopic (exact) mass is 375 g/mol. The van der Waals surface area contributed by atoms with Crippen molar-refractivity contribution in [2.24, 2.45) is 5.92 Å². The number of hydrogen-bond donors (Lipinski definition) is 1. The predicted octanol–water partition coefficient (Wildman–Crippen LogP) is 4.84. The van der Waals surface area contributed by atoms with E-state index in [1.54, 1.807) is 7.11 Å². The van der Waals surface area contributed by atoms with Gasteiger partial charge in [-0.3, -0.25) is 0 Å². The number of methoxy groups -OCH3 is 1. The summed E-state index contributed by atoms with van der Waals surface area (Å²) >= 11 is 0. The maximum absolute atomic E-state index is 12.0. The fourth-order valence-electron chi connectivity index (χ4n) is 4.72. The highest BCUT2D eigenvalue weighted by atomic mass is 16.5. The number of ether oxygens (including phenoxy) is 1. The highest BCUT2D eigenvalue weighted by molar-refractivity contribution is 5.37. The maximum Gasteiger partial charge on any atom is 0.137 e. The van der Waals surface area contributed by atoms with Crippen LogP contribution in [0.2, 0.25) is 0 Å². The van der Waals surface area contributed by atoms with Crippen LogP contribution < -0.4 is 0 Å². The number of benzene rings is 2. The van der Waals surface area contributed by atoms with E-state index in [2.05, 4.69) is 41.3 Å². The molecular weight excluding hydrogens is 346 g/mol. The molecule has 0 radical (unpaired) electrons. The van der Waals surface area contributed by atoms with Gasteiger partial charge >= 0.3 is 0 Å². The highest BCUT2D eigenvalue weighted by Crippen LogP contribution is 2.42. The van der Waals surface area contributed by atoms with Crippen LogP contribution in [0.5, 0.6) is 0 Å². The molecule has 1 heterocycles. The number of nitrogens with zero attached hydrogens (tertiary/aromatic N) is 1. The topological polar surface area (TPSA) is 32.7 Å². The van der Waals surface area contributed by atoms with Crippen molar-refractivity contribution < 1.29 is 9.84 Å². The van der Waals surface area contributed by atoms with Crippen molar-refractivity contribution in [1.29, 1.82) is 0 Å². The van der Waals surface area contributed by atoms with Crippen LogP contribution in [-0.4, -0.2) is 30.2 Å². The fourth-order valence-corrected chi connectivity index (χ4v) is 4.72. The SMILES string of the molecule is COC1=C(N2CCC(C(O)(c3ccccc3)c3ccccc3)CC2)CCC=C1. The molecule has 3 heteroatoms. The molecule has 1 aliphatic heterocycles. The Bertz CT molecular complexity index is 794. The van der Waals surface area contributed by atoms with Crippen LogP contribution in [0.1, 0.15) is 36.8 Å². The van der Waals surface area contributed by atoms with E-state index in [1.165, 1.54) is 5.70 Å². The van der Waals surface area contributed by atoms with Crippen LogP contribution in [0.15, 0.2) is 84.3 Å². The quantitative estimate of drug-likeness (QED) is 0.811. The van der Waals surface area contributed by atoms with Crippen LogP contribution >= 0.6 is 0 Å². The Labute approximate surface area is 168 Å². The van der Waals surface area contributed by atoms with E-state index < -0.39 is 5.60 Å². The van der Waals surface area contributed by atoms with E-state index in [1.807, 2.05) is 36.4 Å². The summed E-state index contributed by atoms with van der Waals surface area (Å²) in [4.78, 5) is 2.45. The summed E-state index contributed by atoms with van der Waals surface area (Å²) in [6, 6.07) is 20.3. The van der Waals surface area contributed by atoms with E-state index in [0.717, 1.165) is 55.7 Å². The molecule has 0 bridgehead atoms. The van der Waals surface area contributed by atoms with Crippen molar-refractivity contribution in [1.82, 2.24) is 4.90 Å². The standard InChI is InChI=1S/C25H29NO2/c1-28-24-15-9-8-14-23(24)26-18-16-22(17-19-26)25(27,20-10-4-2-5-11-20)21-12-6-3-7-13-21/h2-7,9-13,15,22,27H,8,14,16-19H2,1H3. The largest absolute Gasteiger partial charge is 0.495 e. The lowest BCUT2D eigenvalue weighted by Crippen LogP contribution is -2.44. The maximum atomic E-state index is 12.0. The molecule has 1 aliphatic carbocycles. The lowest BCUT2D eigenvalue weighted by atomic mass is 9.72. The smallest absolute Gasteiger partial charge is 0.137 e. The minimum atomic E-state index is -0.959. The van der Waals surface area contributed by atoms with Gasteiger partial charge in [-0.15, -0.1) is 0 Å². The van der Waals surface area contributed by atoms with Crippen molar-refractivity contribution in [2.75, 3.05) is 20.2 Å². The fraction of sp³-hybridized carbons (Fsp3) is 0.360. The summed E-state index contributed by atoms with van der Waals surface area (Å²) in [5, 5.41) is 12.0. The molecule has 0 spiro atoms. The molecule has 0 aromatic heterocycles. The summed E-state index contributed by atoms with van der Waals surface area (Å²) in [5.74, 6) is 1.17. The van der Waals surface area contributed by atoms with Gasteiger partial charge in [-0.2, -0.15) is 0 Å². The Morgan fingerprint density at radius 1 is 0.929 bits per heavy atom. The van der Waals surface area contributed by atoms with Crippen LogP contribution in [0.3, 0.4) is 0 Å². The second-order valence-corrected chi connectivity index (χ2v) is 7.72. The Kier molecular flexibility index (Phi) is 5.54. The van der Waals surface area contributed by atoms with Gasteiger partial charge in [-0.1, -0.05) is 66.7 Å². The first-order chi connectivity index (χ1) is 13.7. The average molecular weight is 376 g/mol. The second kappa shape index (κ2) is 8.24. The Morgan fingerprint density at radius 3 is 2.04 bits per heavy atom. The molecule has 0 atom stereocenters. The average Bonchev–Trinajstić information content (AvgIpc) is 2.80. The third kappa shape index (κ3) is 3.47. The van der Waals surface area contributed by atoms with E-state index >= 15 is 0 Å². The molecule has 1 fully saturated rings. The Balaban J connectivity index is 1.60. The number of hydrogen-bond acceptors (Lipinski definition) is 3. The zero-order valence-electron chi connectivity index (χ0n) is 16.6. The van der Waals surface area contributed by atoms with Crippen molar-refractivity contribution in [3.8, 4) is 0 Å². The van der Waals surface area contributed by atoms with Crippen molar-refractivity contribution in [3.63, 3.8) is 0 Å². The first-order valence-electron chi connectivity index (χ1n) is 10.3. The van der Waals surface area contributed by atoms with Gasteiger partial charge < -0.3 is 14.7 Å². The molecule has 2 aromatic rings. The first-order valence-corrected chi connectivity index (χ1v) is 10.3. The summed E-state index contributed by atoms with van der Waals surface area (Å²) in [6.45, 7) is 1.89. The zero-order valence-corrected chi connectivity index (χ0v) is 16.6. The van der Waals surface area contributed by atoms with Crippen LogP contribution in [-0.2, 0) is 10.3 Å². The molecule has 1 saturated heterocycles. The molecular formula is C25H29NO2. The Hall–Kier alpha value is -2.52. The predicted molar refractivity (Wildman–Crippen MR) is 113 cm³/mol. The van der Waals surface area contributed by atoms with Crippen LogP contribution in [0.25, 0.3) is 0 Å². The van der Waals surface area contributed by atoms with Gasteiger partial charge in [0.15, 0.2) is 0 Å². The summed E-state index contributed by atoms with van der Waals surface area (Å²) in [5.41, 5.74) is 2.32. The molecule has 2 aromatic carbocycles. The van der Waals surface area contributed by atoms with Crippen LogP contribution in [0.4, 0.5) is 0 Å². The van der Waals surface area contributed by atoms with Gasteiger partial charge in [0.25, 0.3) is 0 Å². The molecule has 4 rings (SSSR count). The highest BCUT2D eigenvalue weighted by Gasteiger charge is 2.41. The number of rotatable bonds is 5. The Morgan fingerprint density at radius 2 is 1.50 bits per heavy atom. The minimum absolute atomic E-state index is 0.180. The van der Waals surface area contributed by atoms with E-state index in [4.69, 9.17) is 4.74 Å². The molecule has 0 amide bonds. The number of aliphatic hydroxyl groups is 1. The van der Waals surface area contributed by atoms with Gasteiger partial charge in [0.1, 0.15) is 11.4 Å². The van der Waals surface area contributed by atoms with E-state index in [0.29, 0.717) is 0 Å². The zero-order chi connectivity index (χ0) is 19.4. The number of piperidine rings is 1. The third-order valence-electron chi connectivity index (χ3n) is 6.22. The van der Waals surface area contributed by atoms with Gasteiger partial charge in [-0.05, 0) is 48.8 Å². The van der Waals surface area contributed by atoms with Crippen LogP contribution in [0, 0.1) is 5.92 Å². The van der Waals surface area contributed by atoms with E-state index in [-0.39, 0.29) is 5.92 Å². The molecule has 28 heavy (non-hydrogen) atoms. The normalized spacial score (nSPS) is 18.4. The molecule has 0 saturated carbocycles. The van der Waals surface area contributed by atoms with Crippen molar-refractivity contribution in [3.05, 3.63) is 95.4 Å². The number of likely N-dealkylation sites (tertiary alicyclic amines) is 1. The van der Waals surface area contributed by atoms with Crippen molar-refractivity contribution >= 4 is 0 Å². The molecule has 0 unspecified atom stereocenters. The molecule has 3 nitrogen and oxygen atoms in total. The third-order valence-corrected chi connectivity index (χ3v) is 6.22. The summed E-state index contributed by atoms with van der Waals surface area (Å²) in [6.07, 6.45) is 8.27. The first kappa shape index (κ1) is 18.8. The molecule has 146 valence electrons. The lowest BCUT2D eigenvalue weighted by Gasteiger charge is -2.44. The minimum Gasteiger partial charge on any atom is -0.495 e. The summed E-state index contributed by atoms with van der Waals surface area (Å²) in [7, 11) is 1.75. The van der Waals surface area contributed by atoms with E-state index in [9.17, 15) is 5.11 Å².